The van der Waals surface area contributed by atoms with Gasteiger partial charge in [-0.05, 0) is 91.3 Å². The minimum absolute atomic E-state index is 0.178. The SMILES string of the molecule is C=CC12CCC3C4CCC(C(C)CCCC(C)C)C4(C)CCC3C1(C)CCC2=O. The zero-order valence-corrected chi connectivity index (χ0v) is 19.9. The monoisotopic (exact) mass is 398 g/mol. The summed E-state index contributed by atoms with van der Waals surface area (Å²) in [4.78, 5) is 13.0. The summed E-state index contributed by atoms with van der Waals surface area (Å²) in [5.41, 5.74) is 0.521. The van der Waals surface area contributed by atoms with Crippen LogP contribution in [-0.4, -0.2) is 5.78 Å². The van der Waals surface area contributed by atoms with Gasteiger partial charge in [0, 0.05) is 6.42 Å². The fourth-order valence-corrected chi connectivity index (χ4v) is 9.43. The minimum atomic E-state index is -0.204. The highest BCUT2D eigenvalue weighted by atomic mass is 16.1. The van der Waals surface area contributed by atoms with Gasteiger partial charge in [-0.15, -0.1) is 6.58 Å². The average molecular weight is 399 g/mol. The Balaban J connectivity index is 1.52. The summed E-state index contributed by atoms with van der Waals surface area (Å²) in [6, 6.07) is 0. The van der Waals surface area contributed by atoms with Crippen molar-refractivity contribution in [3.05, 3.63) is 12.7 Å². The summed E-state index contributed by atoms with van der Waals surface area (Å²) in [5.74, 6) is 5.63. The first kappa shape index (κ1) is 21.6. The molecule has 4 fully saturated rings. The van der Waals surface area contributed by atoms with Gasteiger partial charge in [-0.25, -0.2) is 0 Å². The second-order valence-electron chi connectivity index (χ2n) is 12.5. The summed E-state index contributed by atoms with van der Waals surface area (Å²) in [6.45, 7) is 16.6. The normalized spacial score (nSPS) is 47.6. The molecule has 0 amide bonds. The maximum absolute atomic E-state index is 13.0. The molecule has 164 valence electrons. The van der Waals surface area contributed by atoms with Crippen LogP contribution in [0, 0.1) is 51.8 Å². The second-order valence-corrected chi connectivity index (χ2v) is 12.5. The van der Waals surface area contributed by atoms with Crippen LogP contribution >= 0.6 is 0 Å². The molecule has 8 unspecified atom stereocenters. The van der Waals surface area contributed by atoms with E-state index in [1.54, 1.807) is 0 Å². The first-order valence-corrected chi connectivity index (χ1v) is 12.9. The van der Waals surface area contributed by atoms with Crippen LogP contribution in [-0.2, 0) is 4.79 Å². The minimum Gasteiger partial charge on any atom is -0.299 e. The van der Waals surface area contributed by atoms with Gasteiger partial charge in [0.05, 0.1) is 5.41 Å². The molecule has 0 bridgehead atoms. The third kappa shape index (κ3) is 3.03. The molecule has 0 aliphatic heterocycles. The quantitative estimate of drug-likeness (QED) is 0.416. The van der Waals surface area contributed by atoms with Crippen molar-refractivity contribution in [2.24, 2.45) is 51.8 Å². The lowest BCUT2D eigenvalue weighted by Gasteiger charge is -2.60. The van der Waals surface area contributed by atoms with Crippen LogP contribution in [0.2, 0.25) is 0 Å². The Morgan fingerprint density at radius 2 is 1.76 bits per heavy atom. The summed E-state index contributed by atoms with van der Waals surface area (Å²) in [7, 11) is 0. The van der Waals surface area contributed by atoms with Crippen molar-refractivity contribution in [2.75, 3.05) is 0 Å². The first-order chi connectivity index (χ1) is 13.7. The standard InChI is InChI=1S/C28H46O/c1-7-28-18-13-21-23-12-11-22(20(4)10-8-9-19(2)3)26(23,5)16-14-24(21)27(28,6)17-15-25(28)29/h7,19-24H,1,8-18H2,2-6H3. The smallest absolute Gasteiger partial charge is 0.143 e. The summed E-state index contributed by atoms with van der Waals surface area (Å²) in [5, 5.41) is 0. The molecule has 8 atom stereocenters. The molecule has 4 aliphatic carbocycles. The van der Waals surface area contributed by atoms with Crippen LogP contribution in [0.25, 0.3) is 0 Å². The van der Waals surface area contributed by atoms with Gasteiger partial charge in [0.25, 0.3) is 0 Å². The Morgan fingerprint density at radius 3 is 2.45 bits per heavy atom. The molecule has 4 rings (SSSR count). The molecule has 0 spiro atoms. The molecule has 1 heteroatoms. The van der Waals surface area contributed by atoms with Crippen LogP contribution in [0.5, 0.6) is 0 Å². The molecule has 0 saturated heterocycles. The number of hydrogen-bond donors (Lipinski definition) is 0. The molecule has 0 heterocycles. The Labute approximate surface area is 180 Å². The maximum Gasteiger partial charge on any atom is 0.143 e. The van der Waals surface area contributed by atoms with E-state index in [2.05, 4.69) is 47.3 Å². The van der Waals surface area contributed by atoms with Crippen LogP contribution in [0.1, 0.15) is 105 Å². The van der Waals surface area contributed by atoms with Crippen molar-refractivity contribution in [1.82, 2.24) is 0 Å². The molecule has 1 nitrogen and oxygen atoms in total. The van der Waals surface area contributed by atoms with Crippen molar-refractivity contribution >= 4 is 5.78 Å². The van der Waals surface area contributed by atoms with Gasteiger partial charge in [0.15, 0.2) is 0 Å². The Kier molecular flexibility index (Phi) is 5.61. The summed E-state index contributed by atoms with van der Waals surface area (Å²) in [6.07, 6.45) is 16.2. The Morgan fingerprint density at radius 1 is 1.00 bits per heavy atom. The number of rotatable bonds is 6. The van der Waals surface area contributed by atoms with E-state index in [0.29, 0.717) is 11.2 Å². The van der Waals surface area contributed by atoms with Gasteiger partial charge in [-0.2, -0.15) is 0 Å². The molecular weight excluding hydrogens is 352 g/mol. The van der Waals surface area contributed by atoms with E-state index in [9.17, 15) is 4.79 Å². The van der Waals surface area contributed by atoms with E-state index < -0.39 is 0 Å². The number of Topliss-reactive ketones (excluding diaryl/α,β-unsaturated/α-hetero) is 1. The maximum atomic E-state index is 13.0. The molecule has 4 aliphatic rings. The largest absolute Gasteiger partial charge is 0.299 e. The lowest BCUT2D eigenvalue weighted by atomic mass is 9.43. The van der Waals surface area contributed by atoms with Gasteiger partial charge < -0.3 is 0 Å². The highest BCUT2D eigenvalue weighted by Gasteiger charge is 2.66. The van der Waals surface area contributed by atoms with Gasteiger partial charge in [-0.1, -0.05) is 60.0 Å². The van der Waals surface area contributed by atoms with Crippen molar-refractivity contribution in [1.29, 1.82) is 0 Å². The van der Waals surface area contributed by atoms with E-state index >= 15 is 0 Å². The fourth-order valence-electron chi connectivity index (χ4n) is 9.43. The predicted molar refractivity (Wildman–Crippen MR) is 123 cm³/mol. The number of allylic oxidation sites excluding steroid dienone is 1. The summed E-state index contributed by atoms with van der Waals surface area (Å²) >= 11 is 0. The van der Waals surface area contributed by atoms with Crippen molar-refractivity contribution in [3.8, 4) is 0 Å². The van der Waals surface area contributed by atoms with Crippen LogP contribution in [0.15, 0.2) is 12.7 Å². The molecule has 0 radical (unpaired) electrons. The molecule has 4 saturated carbocycles. The Bertz CT molecular complexity index is 649. The molecule has 0 N–H and O–H groups in total. The number of ketones is 1. The van der Waals surface area contributed by atoms with Crippen LogP contribution in [0.3, 0.4) is 0 Å². The number of hydrogen-bond acceptors (Lipinski definition) is 1. The van der Waals surface area contributed by atoms with Gasteiger partial charge in [0.2, 0.25) is 0 Å². The predicted octanol–water partition coefficient (Wildman–Crippen LogP) is 7.84. The first-order valence-electron chi connectivity index (χ1n) is 12.9. The average Bonchev–Trinajstić information content (AvgIpc) is 3.16. The zero-order chi connectivity index (χ0) is 21.0. The lowest BCUT2D eigenvalue weighted by Crippen LogP contribution is -2.55. The lowest BCUT2D eigenvalue weighted by molar-refractivity contribution is -0.142. The third-order valence-corrected chi connectivity index (χ3v) is 11.1. The van der Waals surface area contributed by atoms with Crippen molar-refractivity contribution in [2.45, 2.75) is 105 Å². The Hall–Kier alpha value is -0.590. The van der Waals surface area contributed by atoms with E-state index in [1.165, 1.54) is 51.4 Å². The van der Waals surface area contributed by atoms with Crippen LogP contribution < -0.4 is 0 Å². The number of fused-ring (bicyclic) bond motifs is 5. The van der Waals surface area contributed by atoms with Gasteiger partial charge in [-0.3, -0.25) is 4.79 Å². The molecule has 0 aromatic heterocycles. The van der Waals surface area contributed by atoms with Crippen molar-refractivity contribution < 1.29 is 4.79 Å². The van der Waals surface area contributed by atoms with E-state index in [-0.39, 0.29) is 10.8 Å². The molecule has 29 heavy (non-hydrogen) atoms. The highest BCUT2D eigenvalue weighted by Crippen LogP contribution is 2.71. The van der Waals surface area contributed by atoms with E-state index in [0.717, 1.165) is 54.8 Å². The molecular formula is C28H46O. The second kappa shape index (κ2) is 7.52. The van der Waals surface area contributed by atoms with Gasteiger partial charge in [0.1, 0.15) is 5.78 Å². The van der Waals surface area contributed by atoms with E-state index in [1.807, 2.05) is 0 Å². The number of carbonyl (C=O) groups excluding carboxylic acids is 1. The topological polar surface area (TPSA) is 17.1 Å². The van der Waals surface area contributed by atoms with Crippen molar-refractivity contribution in [3.63, 3.8) is 0 Å². The fraction of sp³-hybridized carbons (Fsp3) is 0.893. The highest BCUT2D eigenvalue weighted by molar-refractivity contribution is 5.90. The molecule has 0 aromatic carbocycles. The zero-order valence-electron chi connectivity index (χ0n) is 19.9. The third-order valence-electron chi connectivity index (χ3n) is 11.1. The van der Waals surface area contributed by atoms with Crippen LogP contribution in [0.4, 0.5) is 0 Å². The molecule has 0 aromatic rings. The van der Waals surface area contributed by atoms with Gasteiger partial charge >= 0.3 is 0 Å². The number of carbonyl (C=O) groups is 1. The summed E-state index contributed by atoms with van der Waals surface area (Å²) < 4.78 is 0. The van der Waals surface area contributed by atoms with E-state index in [4.69, 9.17) is 0 Å².